The van der Waals surface area contributed by atoms with Crippen molar-refractivity contribution in [1.29, 1.82) is 0 Å². The van der Waals surface area contributed by atoms with E-state index in [1.165, 1.54) is 24.1 Å². The third kappa shape index (κ3) is 3.19. The third-order valence-electron chi connectivity index (χ3n) is 3.42. The van der Waals surface area contributed by atoms with E-state index in [9.17, 15) is 5.11 Å². The van der Waals surface area contributed by atoms with Crippen molar-refractivity contribution < 1.29 is 5.11 Å². The molecular formula is C14H23N3O. The molecular weight excluding hydrogens is 226 g/mol. The zero-order valence-corrected chi connectivity index (χ0v) is 11.4. The first-order chi connectivity index (χ1) is 8.70. The molecule has 1 aliphatic carbocycles. The average Bonchev–Trinajstić information content (AvgIpc) is 2.36. The highest BCUT2D eigenvalue weighted by molar-refractivity contribution is 5.47. The molecule has 0 aliphatic heterocycles. The number of aliphatic hydroxyl groups is 1. The minimum absolute atomic E-state index is 0.287. The number of anilines is 1. The van der Waals surface area contributed by atoms with Gasteiger partial charge in [0.05, 0.1) is 6.10 Å². The van der Waals surface area contributed by atoms with Gasteiger partial charge in [-0.15, -0.1) is 0 Å². The van der Waals surface area contributed by atoms with Crippen molar-refractivity contribution in [3.05, 3.63) is 17.1 Å². The van der Waals surface area contributed by atoms with Gasteiger partial charge in [0.1, 0.15) is 11.6 Å². The molecule has 4 nitrogen and oxygen atoms in total. The molecule has 0 saturated heterocycles. The molecule has 0 amide bonds. The van der Waals surface area contributed by atoms with Crippen LogP contribution in [0.3, 0.4) is 0 Å². The molecule has 2 rings (SSSR count). The predicted octanol–water partition coefficient (Wildman–Crippen LogP) is 2.24. The number of nitrogens with zero attached hydrogens (tertiary/aromatic N) is 2. The number of nitrogens with one attached hydrogen (secondary N) is 1. The van der Waals surface area contributed by atoms with Gasteiger partial charge >= 0.3 is 0 Å². The van der Waals surface area contributed by atoms with Gasteiger partial charge in [-0.1, -0.05) is 13.3 Å². The minimum Gasteiger partial charge on any atom is -0.391 e. The van der Waals surface area contributed by atoms with Gasteiger partial charge in [0.15, 0.2) is 0 Å². The standard InChI is InChI=1S/C14H23N3O/c1-3-6-11(18)9-15-14-12-7-4-5-8-13(12)16-10(2)17-14/h11,18H,3-9H2,1-2H3,(H,15,16,17). The second-order valence-electron chi connectivity index (χ2n) is 5.08. The molecule has 0 spiro atoms. The van der Waals surface area contributed by atoms with Crippen molar-refractivity contribution in [2.45, 2.75) is 58.5 Å². The lowest BCUT2D eigenvalue weighted by Gasteiger charge is -2.20. The van der Waals surface area contributed by atoms with Crippen LogP contribution in [0.4, 0.5) is 5.82 Å². The van der Waals surface area contributed by atoms with Crippen LogP contribution in [0.1, 0.15) is 49.7 Å². The van der Waals surface area contributed by atoms with E-state index in [1.807, 2.05) is 6.92 Å². The third-order valence-corrected chi connectivity index (χ3v) is 3.42. The van der Waals surface area contributed by atoms with Crippen LogP contribution in [-0.2, 0) is 12.8 Å². The molecule has 18 heavy (non-hydrogen) atoms. The molecule has 0 radical (unpaired) electrons. The second-order valence-corrected chi connectivity index (χ2v) is 5.08. The number of aryl methyl sites for hydroxylation is 2. The Kier molecular flexibility index (Phi) is 4.53. The lowest BCUT2D eigenvalue weighted by atomic mass is 9.96. The van der Waals surface area contributed by atoms with Gasteiger partial charge in [-0.05, 0) is 39.0 Å². The maximum atomic E-state index is 9.78. The zero-order chi connectivity index (χ0) is 13.0. The quantitative estimate of drug-likeness (QED) is 0.840. The molecule has 1 aromatic rings. The summed E-state index contributed by atoms with van der Waals surface area (Å²) in [5, 5.41) is 13.1. The van der Waals surface area contributed by atoms with E-state index in [1.54, 1.807) is 0 Å². The maximum absolute atomic E-state index is 9.78. The first-order valence-corrected chi connectivity index (χ1v) is 6.99. The van der Waals surface area contributed by atoms with Crippen LogP contribution >= 0.6 is 0 Å². The molecule has 0 aromatic carbocycles. The Morgan fingerprint density at radius 1 is 1.28 bits per heavy atom. The summed E-state index contributed by atoms with van der Waals surface area (Å²) in [4.78, 5) is 9.01. The lowest BCUT2D eigenvalue weighted by molar-refractivity contribution is 0.176. The molecule has 1 aromatic heterocycles. The van der Waals surface area contributed by atoms with E-state index in [2.05, 4.69) is 22.2 Å². The molecule has 0 bridgehead atoms. The van der Waals surface area contributed by atoms with Gasteiger partial charge in [-0.3, -0.25) is 0 Å². The van der Waals surface area contributed by atoms with E-state index in [0.717, 1.165) is 37.3 Å². The van der Waals surface area contributed by atoms with Crippen LogP contribution in [0.2, 0.25) is 0 Å². The van der Waals surface area contributed by atoms with Crippen LogP contribution in [0.5, 0.6) is 0 Å². The smallest absolute Gasteiger partial charge is 0.133 e. The summed E-state index contributed by atoms with van der Waals surface area (Å²) >= 11 is 0. The Labute approximate surface area is 109 Å². The number of aromatic nitrogens is 2. The number of fused-ring (bicyclic) bond motifs is 1. The van der Waals surface area contributed by atoms with Crippen molar-refractivity contribution in [2.75, 3.05) is 11.9 Å². The number of rotatable bonds is 5. The molecule has 1 unspecified atom stereocenters. The fraction of sp³-hybridized carbons (Fsp3) is 0.714. The summed E-state index contributed by atoms with van der Waals surface area (Å²) in [6.45, 7) is 4.60. The first-order valence-electron chi connectivity index (χ1n) is 6.99. The number of hydrogen-bond donors (Lipinski definition) is 2. The molecule has 1 aliphatic rings. The molecule has 1 heterocycles. The highest BCUT2D eigenvalue weighted by Crippen LogP contribution is 2.25. The summed E-state index contributed by atoms with van der Waals surface area (Å²) < 4.78 is 0. The van der Waals surface area contributed by atoms with Gasteiger partial charge in [0, 0.05) is 17.8 Å². The van der Waals surface area contributed by atoms with Crippen molar-refractivity contribution in [1.82, 2.24) is 9.97 Å². The highest BCUT2D eigenvalue weighted by Gasteiger charge is 2.17. The fourth-order valence-electron chi connectivity index (χ4n) is 2.51. The largest absolute Gasteiger partial charge is 0.391 e. The molecule has 4 heteroatoms. The predicted molar refractivity (Wildman–Crippen MR) is 72.8 cm³/mol. The average molecular weight is 249 g/mol. The van der Waals surface area contributed by atoms with E-state index >= 15 is 0 Å². The first kappa shape index (κ1) is 13.3. The fourth-order valence-corrected chi connectivity index (χ4v) is 2.51. The highest BCUT2D eigenvalue weighted by atomic mass is 16.3. The SMILES string of the molecule is CCCC(O)CNc1nc(C)nc2c1CCCC2. The topological polar surface area (TPSA) is 58.0 Å². The van der Waals surface area contributed by atoms with Crippen molar-refractivity contribution >= 4 is 5.82 Å². The van der Waals surface area contributed by atoms with E-state index in [-0.39, 0.29) is 6.10 Å². The van der Waals surface area contributed by atoms with Gasteiger partial charge in [0.2, 0.25) is 0 Å². The Bertz CT molecular complexity index is 406. The Morgan fingerprint density at radius 2 is 2.06 bits per heavy atom. The summed E-state index contributed by atoms with van der Waals surface area (Å²) in [5.74, 6) is 1.76. The van der Waals surface area contributed by atoms with Crippen molar-refractivity contribution in [2.24, 2.45) is 0 Å². The van der Waals surface area contributed by atoms with Gasteiger partial charge in [-0.2, -0.15) is 0 Å². The monoisotopic (exact) mass is 249 g/mol. The summed E-state index contributed by atoms with van der Waals surface area (Å²) in [6.07, 6.45) is 6.10. The second kappa shape index (κ2) is 6.14. The zero-order valence-electron chi connectivity index (χ0n) is 11.4. The van der Waals surface area contributed by atoms with Crippen LogP contribution in [0.15, 0.2) is 0 Å². The summed E-state index contributed by atoms with van der Waals surface area (Å²) in [6, 6.07) is 0. The van der Waals surface area contributed by atoms with Gasteiger partial charge < -0.3 is 10.4 Å². The number of aliphatic hydroxyl groups excluding tert-OH is 1. The van der Waals surface area contributed by atoms with Crippen LogP contribution < -0.4 is 5.32 Å². The summed E-state index contributed by atoms with van der Waals surface area (Å²) in [7, 11) is 0. The molecule has 1 atom stereocenters. The summed E-state index contributed by atoms with van der Waals surface area (Å²) in [5.41, 5.74) is 2.46. The van der Waals surface area contributed by atoms with E-state index in [0.29, 0.717) is 6.54 Å². The molecule has 2 N–H and O–H groups in total. The van der Waals surface area contributed by atoms with E-state index in [4.69, 9.17) is 0 Å². The van der Waals surface area contributed by atoms with Crippen molar-refractivity contribution in [3.63, 3.8) is 0 Å². The van der Waals surface area contributed by atoms with Crippen LogP contribution in [0.25, 0.3) is 0 Å². The van der Waals surface area contributed by atoms with Crippen molar-refractivity contribution in [3.8, 4) is 0 Å². The number of hydrogen-bond acceptors (Lipinski definition) is 4. The molecule has 0 fully saturated rings. The Hall–Kier alpha value is -1.16. The molecule has 100 valence electrons. The van der Waals surface area contributed by atoms with Crippen LogP contribution in [-0.4, -0.2) is 27.7 Å². The molecule has 0 saturated carbocycles. The Balaban J connectivity index is 2.09. The van der Waals surface area contributed by atoms with Gasteiger partial charge in [-0.25, -0.2) is 9.97 Å². The maximum Gasteiger partial charge on any atom is 0.133 e. The van der Waals surface area contributed by atoms with Crippen LogP contribution in [0, 0.1) is 6.92 Å². The van der Waals surface area contributed by atoms with Gasteiger partial charge in [0.25, 0.3) is 0 Å². The lowest BCUT2D eigenvalue weighted by Crippen LogP contribution is -2.22. The normalized spacial score (nSPS) is 16.2. The van der Waals surface area contributed by atoms with E-state index < -0.39 is 0 Å². The minimum atomic E-state index is -0.287. The Morgan fingerprint density at radius 3 is 2.83 bits per heavy atom.